The first-order chi connectivity index (χ1) is 9.75. The van der Waals surface area contributed by atoms with Gasteiger partial charge in [0.15, 0.2) is 0 Å². The molecular weight excluding hydrogens is 246 g/mol. The molecule has 0 spiro atoms. The number of rotatable bonds is 1. The molecule has 1 atom stereocenters. The third kappa shape index (κ3) is 2.39. The largest absolute Gasteiger partial charge is 0.369 e. The van der Waals surface area contributed by atoms with Crippen LogP contribution in [0.1, 0.15) is 18.9 Å². The summed E-state index contributed by atoms with van der Waals surface area (Å²) in [5.74, 6) is 0.566. The van der Waals surface area contributed by atoms with Crippen molar-refractivity contribution in [3.63, 3.8) is 0 Å². The lowest BCUT2D eigenvalue weighted by Gasteiger charge is -2.36. The fourth-order valence-corrected chi connectivity index (χ4v) is 2.73. The Morgan fingerprint density at radius 2 is 1.80 bits per heavy atom. The van der Waals surface area contributed by atoms with Crippen molar-refractivity contribution < 1.29 is 0 Å². The van der Waals surface area contributed by atoms with Crippen LogP contribution in [0, 0.1) is 0 Å². The average Bonchev–Trinajstić information content (AvgIpc) is 2.48. The molecule has 0 aliphatic carbocycles. The van der Waals surface area contributed by atoms with Crippen LogP contribution in [0.5, 0.6) is 0 Å². The van der Waals surface area contributed by atoms with Gasteiger partial charge in [-0.2, -0.15) is 0 Å². The van der Waals surface area contributed by atoms with Gasteiger partial charge in [0.05, 0.1) is 5.69 Å². The zero-order valence-corrected chi connectivity index (χ0v) is 11.7. The maximum Gasteiger partial charge on any atom is 0.201 e. The van der Waals surface area contributed by atoms with Gasteiger partial charge in [-0.25, -0.2) is 4.99 Å². The molecule has 0 unspecified atom stereocenters. The molecule has 0 fully saturated rings. The van der Waals surface area contributed by atoms with Crippen LogP contribution in [0.4, 0.5) is 11.4 Å². The highest BCUT2D eigenvalue weighted by molar-refractivity contribution is 5.98. The van der Waals surface area contributed by atoms with Crippen molar-refractivity contribution in [2.45, 2.75) is 25.8 Å². The van der Waals surface area contributed by atoms with Crippen LogP contribution in [-0.2, 0) is 6.42 Å². The molecule has 0 amide bonds. The van der Waals surface area contributed by atoms with Gasteiger partial charge >= 0.3 is 0 Å². The summed E-state index contributed by atoms with van der Waals surface area (Å²) in [6.45, 7) is 2.20. The maximum absolute atomic E-state index is 6.26. The molecule has 0 aromatic heterocycles. The molecule has 0 bridgehead atoms. The average molecular weight is 265 g/mol. The Morgan fingerprint density at radius 3 is 2.60 bits per heavy atom. The van der Waals surface area contributed by atoms with Gasteiger partial charge in [0.25, 0.3) is 0 Å². The van der Waals surface area contributed by atoms with Crippen molar-refractivity contribution in [1.82, 2.24) is 0 Å². The number of guanidine groups is 1. The van der Waals surface area contributed by atoms with Crippen LogP contribution in [-0.4, -0.2) is 12.0 Å². The summed E-state index contributed by atoms with van der Waals surface area (Å²) in [4.78, 5) is 6.70. The summed E-state index contributed by atoms with van der Waals surface area (Å²) < 4.78 is 0. The molecule has 1 aliphatic heterocycles. The fourth-order valence-electron chi connectivity index (χ4n) is 2.73. The number of para-hydroxylation sites is 2. The smallest absolute Gasteiger partial charge is 0.201 e. The molecule has 2 N–H and O–H groups in total. The first kappa shape index (κ1) is 12.7. The first-order valence-corrected chi connectivity index (χ1v) is 7.02. The monoisotopic (exact) mass is 265 g/mol. The van der Waals surface area contributed by atoms with Crippen LogP contribution in [0.25, 0.3) is 0 Å². The Hall–Kier alpha value is -2.29. The number of nitrogens with two attached hydrogens (primary N) is 1. The molecule has 20 heavy (non-hydrogen) atoms. The van der Waals surface area contributed by atoms with Crippen LogP contribution >= 0.6 is 0 Å². The lowest BCUT2D eigenvalue weighted by molar-refractivity contribution is 0.626. The predicted molar refractivity (Wildman–Crippen MR) is 84.4 cm³/mol. The first-order valence-electron chi connectivity index (χ1n) is 7.02. The standard InChI is InChI=1S/C17H19N3/c1-13-11-12-14-7-5-6-10-16(14)20(13)17(18)19-15-8-3-2-4-9-15/h2-10,13H,11-12H2,1H3,(H2,18,19)/t13-/m0/s1. The molecule has 0 saturated heterocycles. The SMILES string of the molecule is C[C@H]1CCc2ccccc2N1C(N)=Nc1ccccc1. The van der Waals surface area contributed by atoms with E-state index in [1.54, 1.807) is 0 Å². The molecule has 1 heterocycles. The Bertz CT molecular complexity index is 619. The highest BCUT2D eigenvalue weighted by Crippen LogP contribution is 2.30. The second-order valence-electron chi connectivity index (χ2n) is 5.19. The van der Waals surface area contributed by atoms with E-state index in [9.17, 15) is 0 Å². The van der Waals surface area contributed by atoms with Crippen molar-refractivity contribution in [2.24, 2.45) is 10.7 Å². The number of hydrogen-bond acceptors (Lipinski definition) is 1. The Labute approximate surface area is 119 Å². The summed E-state index contributed by atoms with van der Waals surface area (Å²) >= 11 is 0. The number of aliphatic imine (C=N–C) groups is 1. The van der Waals surface area contributed by atoms with Gasteiger partial charge in [-0.3, -0.25) is 0 Å². The van der Waals surface area contributed by atoms with E-state index < -0.39 is 0 Å². The Morgan fingerprint density at radius 1 is 1.10 bits per heavy atom. The minimum absolute atomic E-state index is 0.373. The molecule has 2 aromatic rings. The summed E-state index contributed by atoms with van der Waals surface area (Å²) in [6, 6.07) is 18.7. The summed E-state index contributed by atoms with van der Waals surface area (Å²) in [6.07, 6.45) is 2.20. The Balaban J connectivity index is 1.99. The van der Waals surface area contributed by atoms with E-state index in [1.807, 2.05) is 30.3 Å². The summed E-state index contributed by atoms with van der Waals surface area (Å²) in [7, 11) is 0. The molecular formula is C17H19N3. The van der Waals surface area contributed by atoms with E-state index in [1.165, 1.54) is 11.3 Å². The summed E-state index contributed by atoms with van der Waals surface area (Å²) in [5, 5.41) is 0. The molecule has 0 radical (unpaired) electrons. The van der Waals surface area contributed by atoms with Crippen LogP contribution in [0.3, 0.4) is 0 Å². The quantitative estimate of drug-likeness (QED) is 0.633. The second-order valence-corrected chi connectivity index (χ2v) is 5.19. The zero-order valence-electron chi connectivity index (χ0n) is 11.7. The topological polar surface area (TPSA) is 41.6 Å². The minimum Gasteiger partial charge on any atom is -0.369 e. The minimum atomic E-state index is 0.373. The molecule has 102 valence electrons. The van der Waals surface area contributed by atoms with E-state index in [-0.39, 0.29) is 0 Å². The number of anilines is 1. The zero-order chi connectivity index (χ0) is 13.9. The molecule has 0 saturated carbocycles. The van der Waals surface area contributed by atoms with Gasteiger partial charge in [-0.1, -0.05) is 36.4 Å². The molecule has 3 rings (SSSR count). The molecule has 3 heteroatoms. The lowest BCUT2D eigenvalue weighted by Crippen LogP contribution is -2.46. The van der Waals surface area contributed by atoms with E-state index in [0.717, 1.165) is 18.5 Å². The van der Waals surface area contributed by atoms with Gasteiger partial charge in [0, 0.05) is 11.7 Å². The van der Waals surface area contributed by atoms with E-state index in [4.69, 9.17) is 5.73 Å². The van der Waals surface area contributed by atoms with Gasteiger partial charge in [0.2, 0.25) is 5.96 Å². The Kier molecular flexibility index (Phi) is 3.42. The normalized spacial score (nSPS) is 18.8. The molecule has 1 aliphatic rings. The van der Waals surface area contributed by atoms with E-state index >= 15 is 0 Å². The van der Waals surface area contributed by atoms with E-state index in [2.05, 4.69) is 41.1 Å². The predicted octanol–water partition coefficient (Wildman–Crippen LogP) is 3.47. The van der Waals surface area contributed by atoms with Crippen molar-refractivity contribution in [3.05, 3.63) is 60.2 Å². The van der Waals surface area contributed by atoms with Crippen LogP contribution in [0.15, 0.2) is 59.6 Å². The number of aryl methyl sites for hydroxylation is 1. The fraction of sp³-hybridized carbons (Fsp3) is 0.235. The second kappa shape index (κ2) is 5.37. The molecule has 3 nitrogen and oxygen atoms in total. The number of fused-ring (bicyclic) bond motifs is 1. The van der Waals surface area contributed by atoms with Crippen LogP contribution in [0.2, 0.25) is 0 Å². The maximum atomic E-state index is 6.26. The number of nitrogens with zero attached hydrogens (tertiary/aromatic N) is 2. The third-order valence-corrected chi connectivity index (χ3v) is 3.77. The summed E-state index contributed by atoms with van der Waals surface area (Å²) in [5.41, 5.74) is 9.68. The van der Waals surface area contributed by atoms with Gasteiger partial charge in [0.1, 0.15) is 0 Å². The van der Waals surface area contributed by atoms with Crippen molar-refractivity contribution in [2.75, 3.05) is 4.90 Å². The lowest BCUT2D eigenvalue weighted by atomic mass is 9.97. The van der Waals surface area contributed by atoms with Crippen molar-refractivity contribution in [3.8, 4) is 0 Å². The van der Waals surface area contributed by atoms with Gasteiger partial charge in [-0.05, 0) is 43.5 Å². The van der Waals surface area contributed by atoms with Crippen molar-refractivity contribution >= 4 is 17.3 Å². The number of benzene rings is 2. The highest BCUT2D eigenvalue weighted by Gasteiger charge is 2.25. The van der Waals surface area contributed by atoms with Gasteiger partial charge in [-0.15, -0.1) is 0 Å². The highest BCUT2D eigenvalue weighted by atomic mass is 15.3. The van der Waals surface area contributed by atoms with Crippen LogP contribution < -0.4 is 10.6 Å². The van der Waals surface area contributed by atoms with Crippen molar-refractivity contribution in [1.29, 1.82) is 0 Å². The molecule has 2 aromatic carbocycles. The van der Waals surface area contributed by atoms with Gasteiger partial charge < -0.3 is 10.6 Å². The third-order valence-electron chi connectivity index (χ3n) is 3.77. The number of hydrogen-bond donors (Lipinski definition) is 1. The van der Waals surface area contributed by atoms with E-state index in [0.29, 0.717) is 12.0 Å².